The number of ether oxygens (including phenoxy) is 1. The number of halogens is 1. The summed E-state index contributed by atoms with van der Waals surface area (Å²) in [4.78, 5) is 45.9. The Morgan fingerprint density at radius 3 is 2.34 bits per heavy atom. The van der Waals surface area contributed by atoms with Crippen molar-refractivity contribution in [2.45, 2.75) is 33.1 Å². The molecule has 0 atom stereocenters. The molecule has 1 N–H and O–H groups in total. The van der Waals surface area contributed by atoms with Gasteiger partial charge in [-0.05, 0) is 67.9 Å². The minimum Gasteiger partial charge on any atom is -0.481 e. The third-order valence-corrected chi connectivity index (χ3v) is 7.49. The quantitative estimate of drug-likeness (QED) is 0.639. The van der Waals surface area contributed by atoms with Gasteiger partial charge in [-0.15, -0.1) is 0 Å². The minimum absolute atomic E-state index is 0.0120. The summed E-state index contributed by atoms with van der Waals surface area (Å²) < 4.78 is 5.12. The van der Waals surface area contributed by atoms with Crippen molar-refractivity contribution >= 4 is 29.3 Å². The van der Waals surface area contributed by atoms with E-state index in [1.54, 1.807) is 18.2 Å². The summed E-state index contributed by atoms with van der Waals surface area (Å²) in [6, 6.07) is 8.68. The zero-order valence-electron chi connectivity index (χ0n) is 20.4. The first-order valence-corrected chi connectivity index (χ1v) is 12.2. The molecule has 2 aromatic rings. The van der Waals surface area contributed by atoms with Crippen molar-refractivity contribution in [1.29, 1.82) is 0 Å². The molecule has 3 heterocycles. The van der Waals surface area contributed by atoms with Crippen LogP contribution in [0.5, 0.6) is 5.88 Å². The number of benzene rings is 1. The fourth-order valence-corrected chi connectivity index (χ4v) is 5.08. The van der Waals surface area contributed by atoms with Crippen LogP contribution in [0.1, 0.15) is 51.1 Å². The lowest BCUT2D eigenvalue weighted by Gasteiger charge is -2.39. The zero-order valence-corrected chi connectivity index (χ0v) is 21.2. The van der Waals surface area contributed by atoms with E-state index in [0.717, 1.165) is 30.4 Å². The standard InChI is InChI=1S/C26H31ClN4O4/c1-17-4-5-19(12-18(17)2)24(33)28-15-23(32)31-11-8-26(16-31)6-9-30(10-7-26)25(34)20-13-21(27)29-22(14-20)35-3/h4-5,12-14H,6-11,15-16H2,1-3H3,(H,28,33). The van der Waals surface area contributed by atoms with Crippen LogP contribution in [0.2, 0.25) is 5.15 Å². The highest BCUT2D eigenvalue weighted by atomic mass is 35.5. The number of methoxy groups -OCH3 is 1. The maximum Gasteiger partial charge on any atom is 0.254 e. The molecular formula is C26H31ClN4O4. The Morgan fingerprint density at radius 2 is 1.69 bits per heavy atom. The molecule has 35 heavy (non-hydrogen) atoms. The zero-order chi connectivity index (χ0) is 25.2. The Labute approximate surface area is 210 Å². The number of aromatic nitrogens is 1. The van der Waals surface area contributed by atoms with Crippen LogP contribution in [0.3, 0.4) is 0 Å². The van der Waals surface area contributed by atoms with Gasteiger partial charge in [0.05, 0.1) is 13.7 Å². The second kappa shape index (κ2) is 10.2. The SMILES string of the molecule is COc1cc(C(=O)N2CCC3(CCN(C(=O)CNC(=O)c4ccc(C)c(C)c4)C3)CC2)cc(Cl)n1. The number of rotatable bonds is 5. The van der Waals surface area contributed by atoms with Crippen LogP contribution in [0, 0.1) is 19.3 Å². The molecule has 2 aliphatic rings. The first kappa shape index (κ1) is 25.0. The first-order valence-electron chi connectivity index (χ1n) is 11.8. The number of nitrogens with one attached hydrogen (secondary N) is 1. The van der Waals surface area contributed by atoms with Gasteiger partial charge in [-0.1, -0.05) is 17.7 Å². The molecule has 0 bridgehead atoms. The molecule has 0 saturated carbocycles. The van der Waals surface area contributed by atoms with Crippen LogP contribution in [-0.4, -0.2) is 72.3 Å². The third kappa shape index (κ3) is 5.59. The van der Waals surface area contributed by atoms with Gasteiger partial charge in [0, 0.05) is 43.4 Å². The number of carbonyl (C=O) groups excluding carboxylic acids is 3. The summed E-state index contributed by atoms with van der Waals surface area (Å²) in [5.74, 6) is -0.0996. The monoisotopic (exact) mass is 498 g/mol. The molecule has 2 fully saturated rings. The topological polar surface area (TPSA) is 91.8 Å². The van der Waals surface area contributed by atoms with E-state index in [1.807, 2.05) is 35.8 Å². The Bertz CT molecular complexity index is 1140. The van der Waals surface area contributed by atoms with Gasteiger partial charge in [0.15, 0.2) is 0 Å². The molecule has 186 valence electrons. The van der Waals surface area contributed by atoms with Crippen LogP contribution >= 0.6 is 11.6 Å². The summed E-state index contributed by atoms with van der Waals surface area (Å²) in [7, 11) is 1.49. The fraction of sp³-hybridized carbons (Fsp3) is 0.462. The smallest absolute Gasteiger partial charge is 0.254 e. The van der Waals surface area contributed by atoms with Crippen LogP contribution in [0.15, 0.2) is 30.3 Å². The molecule has 0 unspecified atom stereocenters. The van der Waals surface area contributed by atoms with Gasteiger partial charge < -0.3 is 19.9 Å². The van der Waals surface area contributed by atoms with E-state index in [-0.39, 0.29) is 34.8 Å². The van der Waals surface area contributed by atoms with Crippen molar-refractivity contribution in [3.63, 3.8) is 0 Å². The summed E-state index contributed by atoms with van der Waals surface area (Å²) in [5, 5.41) is 2.98. The molecule has 2 saturated heterocycles. The Kier molecular flexibility index (Phi) is 7.31. The van der Waals surface area contributed by atoms with Crippen molar-refractivity contribution < 1.29 is 19.1 Å². The Hall–Kier alpha value is -3.13. The highest BCUT2D eigenvalue weighted by Gasteiger charge is 2.42. The van der Waals surface area contributed by atoms with E-state index in [1.165, 1.54) is 7.11 Å². The third-order valence-electron chi connectivity index (χ3n) is 7.30. The van der Waals surface area contributed by atoms with Crippen LogP contribution in [0.4, 0.5) is 0 Å². The molecule has 1 aromatic carbocycles. The number of amides is 3. The van der Waals surface area contributed by atoms with Crippen molar-refractivity contribution in [3.8, 4) is 5.88 Å². The summed E-state index contributed by atoms with van der Waals surface area (Å²) in [5.41, 5.74) is 3.20. The van der Waals surface area contributed by atoms with E-state index >= 15 is 0 Å². The molecule has 3 amide bonds. The summed E-state index contributed by atoms with van der Waals surface area (Å²) in [6.45, 7) is 6.50. The number of likely N-dealkylation sites (tertiary alicyclic amines) is 2. The lowest BCUT2D eigenvalue weighted by Crippen LogP contribution is -2.45. The normalized spacial score (nSPS) is 16.9. The largest absolute Gasteiger partial charge is 0.481 e. The number of carbonyl (C=O) groups is 3. The number of piperidine rings is 1. The van der Waals surface area contributed by atoms with E-state index in [2.05, 4.69) is 10.3 Å². The molecule has 8 nitrogen and oxygen atoms in total. The maximum atomic E-state index is 13.0. The van der Waals surface area contributed by atoms with Gasteiger partial charge >= 0.3 is 0 Å². The van der Waals surface area contributed by atoms with E-state index < -0.39 is 0 Å². The van der Waals surface area contributed by atoms with Gasteiger partial charge in [-0.25, -0.2) is 4.98 Å². The van der Waals surface area contributed by atoms with Crippen LogP contribution in [-0.2, 0) is 4.79 Å². The predicted octanol–water partition coefficient (Wildman–Crippen LogP) is 3.25. The van der Waals surface area contributed by atoms with Crippen molar-refractivity contribution in [1.82, 2.24) is 20.1 Å². The minimum atomic E-state index is -0.241. The number of nitrogens with zero attached hydrogens (tertiary/aromatic N) is 3. The van der Waals surface area contributed by atoms with Gasteiger partial charge in [0.2, 0.25) is 11.8 Å². The van der Waals surface area contributed by atoms with Gasteiger partial charge in [-0.3, -0.25) is 14.4 Å². The van der Waals surface area contributed by atoms with Crippen molar-refractivity contribution in [2.24, 2.45) is 5.41 Å². The lowest BCUT2D eigenvalue weighted by molar-refractivity contribution is -0.129. The molecule has 2 aliphatic heterocycles. The van der Waals surface area contributed by atoms with Crippen molar-refractivity contribution in [2.75, 3.05) is 39.8 Å². The van der Waals surface area contributed by atoms with E-state index in [0.29, 0.717) is 43.2 Å². The van der Waals surface area contributed by atoms with Crippen LogP contribution in [0.25, 0.3) is 0 Å². The fourth-order valence-electron chi connectivity index (χ4n) is 4.88. The number of aryl methyl sites for hydroxylation is 2. The summed E-state index contributed by atoms with van der Waals surface area (Å²) >= 11 is 6.02. The van der Waals surface area contributed by atoms with Gasteiger partial charge in [-0.2, -0.15) is 0 Å². The van der Waals surface area contributed by atoms with Gasteiger partial charge in [0.1, 0.15) is 5.15 Å². The van der Waals surface area contributed by atoms with E-state index in [9.17, 15) is 14.4 Å². The first-order chi connectivity index (χ1) is 16.7. The van der Waals surface area contributed by atoms with Crippen molar-refractivity contribution in [3.05, 3.63) is 57.7 Å². The molecule has 0 aliphatic carbocycles. The number of hydrogen-bond donors (Lipinski definition) is 1. The summed E-state index contributed by atoms with van der Waals surface area (Å²) in [6.07, 6.45) is 2.56. The number of pyridine rings is 1. The maximum absolute atomic E-state index is 13.0. The van der Waals surface area contributed by atoms with Crippen LogP contribution < -0.4 is 10.1 Å². The highest BCUT2D eigenvalue weighted by Crippen LogP contribution is 2.40. The second-order valence-corrected chi connectivity index (χ2v) is 9.95. The molecule has 1 aromatic heterocycles. The van der Waals surface area contributed by atoms with Gasteiger partial charge in [0.25, 0.3) is 11.8 Å². The average molecular weight is 499 g/mol. The molecule has 1 spiro atoms. The number of hydrogen-bond acceptors (Lipinski definition) is 5. The predicted molar refractivity (Wildman–Crippen MR) is 133 cm³/mol. The average Bonchev–Trinajstić information content (AvgIpc) is 3.27. The molecule has 9 heteroatoms. The lowest BCUT2D eigenvalue weighted by atomic mass is 9.77. The Morgan fingerprint density at radius 1 is 1.00 bits per heavy atom. The molecular weight excluding hydrogens is 468 g/mol. The molecule has 0 radical (unpaired) electrons. The second-order valence-electron chi connectivity index (χ2n) is 9.56. The van der Waals surface area contributed by atoms with E-state index in [4.69, 9.17) is 16.3 Å². The Balaban J connectivity index is 1.29. The molecule has 4 rings (SSSR count). The highest BCUT2D eigenvalue weighted by molar-refractivity contribution is 6.29.